The molecule has 0 aliphatic heterocycles. The fraction of sp³-hybridized carbons (Fsp3) is 0.727. The molecule has 13 heavy (non-hydrogen) atoms. The van der Waals surface area contributed by atoms with Gasteiger partial charge in [0.2, 0.25) is 0 Å². The molecule has 0 saturated heterocycles. The van der Waals surface area contributed by atoms with Gasteiger partial charge >= 0.3 is 5.97 Å². The van der Waals surface area contributed by atoms with Crippen LogP contribution in [0.2, 0.25) is 0 Å². The number of rotatable bonds is 2. The minimum absolute atomic E-state index is 0.103. The Morgan fingerprint density at radius 2 is 2.31 bits per heavy atom. The minimum atomic E-state index is -0.248. The maximum atomic E-state index is 11.1. The summed E-state index contributed by atoms with van der Waals surface area (Å²) in [6.07, 6.45) is 8.27. The number of carbonyl (C=O) groups excluding carboxylic acids is 1. The monoisotopic (exact) mass is 180 g/mol. The van der Waals surface area contributed by atoms with Crippen LogP contribution >= 0.6 is 0 Å². The van der Waals surface area contributed by atoms with Gasteiger partial charge < -0.3 is 4.74 Å². The molecule has 0 aromatic heterocycles. The van der Waals surface area contributed by atoms with Crippen molar-refractivity contribution in [2.75, 3.05) is 0 Å². The summed E-state index contributed by atoms with van der Waals surface area (Å²) in [5, 5.41) is 0. The van der Waals surface area contributed by atoms with Crippen molar-refractivity contribution in [1.29, 1.82) is 0 Å². The number of ether oxygens (including phenoxy) is 1. The molecule has 2 aliphatic carbocycles. The van der Waals surface area contributed by atoms with Crippen LogP contribution in [0.5, 0.6) is 0 Å². The molecule has 2 fully saturated rings. The third kappa shape index (κ3) is 1.62. The van der Waals surface area contributed by atoms with Crippen molar-refractivity contribution in [3.8, 4) is 0 Å². The largest absolute Gasteiger partial charge is 0.456 e. The highest BCUT2D eigenvalue weighted by atomic mass is 16.6. The fourth-order valence-corrected chi connectivity index (χ4v) is 2.78. The lowest BCUT2D eigenvalue weighted by Crippen LogP contribution is -2.33. The lowest BCUT2D eigenvalue weighted by atomic mass is 9.85. The number of fused-ring (bicyclic) bond motifs is 2. The van der Waals surface area contributed by atoms with Crippen molar-refractivity contribution in [3.63, 3.8) is 0 Å². The maximum absolute atomic E-state index is 11.1. The fourth-order valence-electron chi connectivity index (χ4n) is 2.78. The Labute approximate surface area is 79.0 Å². The average Bonchev–Trinajstić information content (AvgIpc) is 2.42. The van der Waals surface area contributed by atoms with Crippen LogP contribution in [-0.4, -0.2) is 11.6 Å². The lowest BCUT2D eigenvalue weighted by molar-refractivity contribution is -0.155. The highest BCUT2D eigenvalue weighted by Crippen LogP contribution is 2.47. The Morgan fingerprint density at radius 3 is 3.08 bits per heavy atom. The first-order chi connectivity index (χ1) is 6.24. The summed E-state index contributed by atoms with van der Waals surface area (Å²) in [5.74, 6) is 0.564. The molecule has 2 aliphatic rings. The van der Waals surface area contributed by atoms with Gasteiger partial charge in [-0.2, -0.15) is 0 Å². The quantitative estimate of drug-likeness (QED) is 0.482. The number of hydrogen-bond donors (Lipinski definition) is 0. The van der Waals surface area contributed by atoms with E-state index in [4.69, 9.17) is 4.74 Å². The van der Waals surface area contributed by atoms with Gasteiger partial charge in [-0.1, -0.05) is 13.0 Å². The Bertz CT molecular complexity index is 230. The minimum Gasteiger partial charge on any atom is -0.456 e. The molecule has 0 radical (unpaired) electrons. The van der Waals surface area contributed by atoms with Crippen LogP contribution in [0.4, 0.5) is 0 Å². The van der Waals surface area contributed by atoms with E-state index >= 15 is 0 Å². The second kappa shape index (κ2) is 3.17. The van der Waals surface area contributed by atoms with Gasteiger partial charge in [-0.3, -0.25) is 0 Å². The predicted molar refractivity (Wildman–Crippen MR) is 50.2 cm³/mol. The normalized spacial score (nSPS) is 37.1. The van der Waals surface area contributed by atoms with Gasteiger partial charge in [-0.25, -0.2) is 4.79 Å². The number of hydrogen-bond acceptors (Lipinski definition) is 2. The van der Waals surface area contributed by atoms with Gasteiger partial charge in [-0.15, -0.1) is 0 Å². The van der Waals surface area contributed by atoms with E-state index in [1.807, 2.05) is 0 Å². The van der Waals surface area contributed by atoms with Crippen LogP contribution < -0.4 is 0 Å². The molecule has 0 amide bonds. The molecular weight excluding hydrogens is 164 g/mol. The van der Waals surface area contributed by atoms with Crippen molar-refractivity contribution in [1.82, 2.24) is 0 Å². The molecule has 2 heteroatoms. The summed E-state index contributed by atoms with van der Waals surface area (Å²) in [6.45, 7) is 3.43. The maximum Gasteiger partial charge on any atom is 0.330 e. The van der Waals surface area contributed by atoms with Crippen LogP contribution in [0.1, 0.15) is 38.5 Å². The van der Waals surface area contributed by atoms with Crippen LogP contribution in [0.25, 0.3) is 0 Å². The van der Waals surface area contributed by atoms with Crippen molar-refractivity contribution < 1.29 is 9.53 Å². The second-order valence-corrected chi connectivity index (χ2v) is 4.31. The Balaban J connectivity index is 2.03. The number of esters is 1. The summed E-state index contributed by atoms with van der Waals surface area (Å²) in [4.78, 5) is 11.1. The number of carbonyl (C=O) groups is 1. The zero-order chi connectivity index (χ0) is 9.31. The van der Waals surface area contributed by atoms with E-state index in [0.29, 0.717) is 0 Å². The second-order valence-electron chi connectivity index (χ2n) is 4.31. The summed E-state index contributed by atoms with van der Waals surface area (Å²) >= 11 is 0. The van der Waals surface area contributed by atoms with Crippen molar-refractivity contribution in [2.24, 2.45) is 5.92 Å². The third-order valence-corrected chi connectivity index (χ3v) is 3.40. The van der Waals surface area contributed by atoms with Crippen LogP contribution in [0.15, 0.2) is 12.7 Å². The zero-order valence-electron chi connectivity index (χ0n) is 7.92. The van der Waals surface area contributed by atoms with Crippen LogP contribution in [0.3, 0.4) is 0 Å². The SMILES string of the molecule is C=CC(=O)OC12CCCC(CC1)C2. The van der Waals surface area contributed by atoms with Gasteiger partial charge in [-0.05, 0) is 38.0 Å². The summed E-state index contributed by atoms with van der Waals surface area (Å²) in [5.41, 5.74) is -0.103. The Hall–Kier alpha value is -0.790. The van der Waals surface area contributed by atoms with Crippen molar-refractivity contribution in [2.45, 2.75) is 44.1 Å². The van der Waals surface area contributed by atoms with E-state index in [1.165, 1.54) is 25.3 Å². The van der Waals surface area contributed by atoms with Gasteiger partial charge in [0, 0.05) is 6.08 Å². The molecular formula is C11H16O2. The molecule has 2 nitrogen and oxygen atoms in total. The molecule has 2 atom stereocenters. The van der Waals surface area contributed by atoms with Gasteiger partial charge in [0.1, 0.15) is 5.60 Å². The third-order valence-electron chi connectivity index (χ3n) is 3.40. The summed E-state index contributed by atoms with van der Waals surface area (Å²) < 4.78 is 5.46. The van der Waals surface area contributed by atoms with E-state index in [1.54, 1.807) is 0 Å². The zero-order valence-corrected chi connectivity index (χ0v) is 7.92. The van der Waals surface area contributed by atoms with E-state index < -0.39 is 0 Å². The summed E-state index contributed by atoms with van der Waals surface area (Å²) in [6, 6.07) is 0. The van der Waals surface area contributed by atoms with Crippen LogP contribution in [0, 0.1) is 5.92 Å². The molecule has 0 aromatic carbocycles. The van der Waals surface area contributed by atoms with Gasteiger partial charge in [0.25, 0.3) is 0 Å². The molecule has 0 aromatic rings. The Kier molecular flexibility index (Phi) is 2.14. The van der Waals surface area contributed by atoms with Crippen LogP contribution in [-0.2, 0) is 9.53 Å². The average molecular weight is 180 g/mol. The topological polar surface area (TPSA) is 26.3 Å². The molecule has 2 unspecified atom stereocenters. The van der Waals surface area contributed by atoms with E-state index in [-0.39, 0.29) is 11.6 Å². The first-order valence-electron chi connectivity index (χ1n) is 5.09. The molecule has 0 N–H and O–H groups in total. The molecule has 2 bridgehead atoms. The first-order valence-corrected chi connectivity index (χ1v) is 5.09. The molecule has 0 spiro atoms. The van der Waals surface area contributed by atoms with E-state index in [9.17, 15) is 4.79 Å². The van der Waals surface area contributed by atoms with E-state index in [2.05, 4.69) is 6.58 Å². The lowest BCUT2D eigenvalue weighted by Gasteiger charge is -2.32. The predicted octanol–water partition coefficient (Wildman–Crippen LogP) is 2.44. The smallest absolute Gasteiger partial charge is 0.330 e. The summed E-state index contributed by atoms with van der Waals surface area (Å²) in [7, 11) is 0. The molecule has 72 valence electrons. The van der Waals surface area contributed by atoms with Crippen molar-refractivity contribution >= 4 is 5.97 Å². The van der Waals surface area contributed by atoms with Gasteiger partial charge in [0.15, 0.2) is 0 Å². The first kappa shape index (κ1) is 8.79. The molecule has 0 heterocycles. The standard InChI is InChI=1S/C11H16O2/c1-2-10(12)13-11-6-3-4-9(8-11)5-7-11/h2,9H,1,3-8H2. The molecule has 2 saturated carbocycles. The molecule has 2 rings (SSSR count). The van der Waals surface area contributed by atoms with E-state index in [0.717, 1.165) is 25.2 Å². The van der Waals surface area contributed by atoms with Gasteiger partial charge in [0.05, 0.1) is 0 Å². The highest BCUT2D eigenvalue weighted by molar-refractivity contribution is 5.81. The van der Waals surface area contributed by atoms with Crippen molar-refractivity contribution in [3.05, 3.63) is 12.7 Å². The highest BCUT2D eigenvalue weighted by Gasteiger charge is 2.44. The Morgan fingerprint density at radius 1 is 1.46 bits per heavy atom.